The summed E-state index contributed by atoms with van der Waals surface area (Å²) in [6.07, 6.45) is 4.33. The highest BCUT2D eigenvalue weighted by atomic mass is 35.5. The Morgan fingerprint density at radius 2 is 1.83 bits per heavy atom. The number of aromatic nitrogens is 1. The Bertz CT molecular complexity index is 1960. The lowest BCUT2D eigenvalue weighted by Gasteiger charge is -2.25. The number of ether oxygens (including phenoxy) is 3. The number of hydrogen-bond acceptors (Lipinski definition) is 10. The van der Waals surface area contributed by atoms with Crippen molar-refractivity contribution in [1.29, 1.82) is 5.26 Å². The quantitative estimate of drug-likeness (QED) is 0.0926. The number of carboxylic acid groups (broad SMARTS) is 1. The molecule has 2 heterocycles. The van der Waals surface area contributed by atoms with Crippen LogP contribution in [-0.2, 0) is 24.6 Å². The second kappa shape index (κ2) is 18.1. The Kier molecular flexibility index (Phi) is 13.6. The number of nitrogens with zero attached hydrogens (tertiary/aromatic N) is 3. The lowest BCUT2D eigenvalue weighted by Crippen LogP contribution is -2.52. The molecule has 0 bridgehead atoms. The summed E-state index contributed by atoms with van der Waals surface area (Å²) in [4.78, 5) is 18.1. The Morgan fingerprint density at radius 1 is 1.08 bits per heavy atom. The number of pyridine rings is 1. The van der Waals surface area contributed by atoms with Gasteiger partial charge in [-0.05, 0) is 68.5 Å². The van der Waals surface area contributed by atoms with Crippen LogP contribution in [0.5, 0.6) is 17.2 Å². The zero-order valence-electron chi connectivity index (χ0n) is 29.9. The van der Waals surface area contributed by atoms with Crippen molar-refractivity contribution in [2.24, 2.45) is 0 Å². The van der Waals surface area contributed by atoms with Gasteiger partial charge in [-0.15, -0.1) is 0 Å². The number of aliphatic hydroxyl groups excluding tert-OH is 2. The monoisotopic (exact) mass is 762 g/mol. The second-order valence-corrected chi connectivity index (χ2v) is 14.3. The molecule has 1 aliphatic rings. The maximum atomic E-state index is 11.8. The largest absolute Gasteiger partial charge is 0.489 e. The van der Waals surface area contributed by atoms with Gasteiger partial charge in [0.25, 0.3) is 0 Å². The number of likely N-dealkylation sites (tertiary alicyclic amines) is 1. The summed E-state index contributed by atoms with van der Waals surface area (Å²) >= 11 is 13.7. The summed E-state index contributed by atoms with van der Waals surface area (Å²) in [5, 5.41) is 42.2. The maximum absolute atomic E-state index is 11.8. The molecule has 1 saturated heterocycles. The van der Waals surface area contributed by atoms with Crippen LogP contribution in [0.4, 0.5) is 0 Å². The molecule has 1 fully saturated rings. The molecule has 5 rings (SSSR count). The SMILES string of the molecule is Cc1c(COc2cc(OCc3cncc(C#N)c3)c(CNC(C)(CO)C(=O)O)cc2Cl)cccc1-c1cccc(O[C@H](C)CCN2CC[C@@H](O)C2)c1Cl. The molecule has 0 spiro atoms. The van der Waals surface area contributed by atoms with Crippen molar-refractivity contribution in [3.05, 3.63) is 105 Å². The van der Waals surface area contributed by atoms with Crippen LogP contribution in [-0.4, -0.2) is 75.2 Å². The van der Waals surface area contributed by atoms with Gasteiger partial charge in [0.2, 0.25) is 0 Å². The van der Waals surface area contributed by atoms with Crippen LogP contribution >= 0.6 is 23.2 Å². The van der Waals surface area contributed by atoms with Gasteiger partial charge in [-0.2, -0.15) is 5.26 Å². The van der Waals surface area contributed by atoms with Gasteiger partial charge in [0.15, 0.2) is 0 Å². The van der Waals surface area contributed by atoms with Crippen molar-refractivity contribution < 1.29 is 34.3 Å². The lowest BCUT2D eigenvalue weighted by atomic mass is 9.96. The van der Waals surface area contributed by atoms with Gasteiger partial charge < -0.3 is 34.4 Å². The predicted molar refractivity (Wildman–Crippen MR) is 202 cm³/mol. The van der Waals surface area contributed by atoms with Crippen molar-refractivity contribution in [2.45, 2.75) is 71.1 Å². The summed E-state index contributed by atoms with van der Waals surface area (Å²) in [7, 11) is 0. The van der Waals surface area contributed by atoms with E-state index in [4.69, 9.17) is 37.4 Å². The molecule has 0 radical (unpaired) electrons. The Morgan fingerprint density at radius 3 is 2.55 bits per heavy atom. The van der Waals surface area contributed by atoms with E-state index >= 15 is 0 Å². The third-order valence-electron chi connectivity index (χ3n) is 9.40. The number of rotatable bonds is 17. The number of aliphatic hydroxyl groups is 2. The van der Waals surface area contributed by atoms with E-state index in [2.05, 4.69) is 21.3 Å². The summed E-state index contributed by atoms with van der Waals surface area (Å²) in [5.41, 5.74) is 3.59. The minimum atomic E-state index is -1.60. The van der Waals surface area contributed by atoms with E-state index in [-0.39, 0.29) is 37.0 Å². The molecule has 0 amide bonds. The zero-order chi connectivity index (χ0) is 38.1. The minimum Gasteiger partial charge on any atom is -0.489 e. The topological polar surface area (TPSA) is 157 Å². The van der Waals surface area contributed by atoms with E-state index in [0.717, 1.165) is 48.2 Å². The molecule has 3 atom stereocenters. The number of β-amino-alcohol motifs (C(OH)–C–C–N with tert-alkyl or cyclic N) is 1. The highest BCUT2D eigenvalue weighted by molar-refractivity contribution is 6.35. The van der Waals surface area contributed by atoms with Crippen LogP contribution in [0.15, 0.2) is 67.0 Å². The van der Waals surface area contributed by atoms with E-state index in [0.29, 0.717) is 45.5 Å². The second-order valence-electron chi connectivity index (χ2n) is 13.5. The summed E-state index contributed by atoms with van der Waals surface area (Å²) in [6.45, 7) is 7.45. The van der Waals surface area contributed by atoms with E-state index in [1.54, 1.807) is 24.4 Å². The van der Waals surface area contributed by atoms with Crippen LogP contribution in [0.25, 0.3) is 11.1 Å². The molecular weight excluding hydrogens is 719 g/mol. The fourth-order valence-electron chi connectivity index (χ4n) is 5.99. The van der Waals surface area contributed by atoms with Crippen LogP contribution in [0.1, 0.15) is 54.5 Å². The molecule has 0 saturated carbocycles. The summed E-state index contributed by atoms with van der Waals surface area (Å²) in [6, 6.07) is 18.6. The average molecular weight is 764 g/mol. The Labute approximate surface area is 319 Å². The molecule has 4 aromatic rings. The molecule has 4 N–H and O–H groups in total. The van der Waals surface area contributed by atoms with Gasteiger partial charge in [0.05, 0.1) is 34.4 Å². The van der Waals surface area contributed by atoms with Gasteiger partial charge in [-0.1, -0.05) is 53.5 Å². The molecule has 280 valence electrons. The van der Waals surface area contributed by atoms with Crippen LogP contribution in [0.3, 0.4) is 0 Å². The number of carboxylic acids is 1. The minimum absolute atomic E-state index is 0.0151. The molecule has 1 aromatic heterocycles. The standard InChI is InChI=1S/C40H44Cl2N4O7/c1-25(10-12-46-13-11-31(48)21-46)53-35-9-5-8-33(38(35)42)32-7-4-6-29(26(32)2)23-52-37-16-36(51-22-28-14-27(17-43)18-44-19-28)30(15-34(37)41)20-45-40(3,24-47)39(49)50/h4-9,14-16,18-19,25,31,45,47-48H,10-13,20-24H2,1-3H3,(H,49,50)/t25-,31-,40?/m1/s1. The number of carbonyl (C=O) groups is 1. The fourth-order valence-corrected chi connectivity index (χ4v) is 6.50. The zero-order valence-corrected chi connectivity index (χ0v) is 31.5. The third kappa shape index (κ3) is 10.2. The van der Waals surface area contributed by atoms with E-state index < -0.39 is 18.1 Å². The third-order valence-corrected chi connectivity index (χ3v) is 10.1. The molecule has 13 heteroatoms. The normalized spacial score (nSPS) is 16.1. The Balaban J connectivity index is 1.33. The van der Waals surface area contributed by atoms with E-state index in [1.807, 2.05) is 50.2 Å². The highest BCUT2D eigenvalue weighted by Gasteiger charge is 2.32. The number of halogens is 2. The first kappa shape index (κ1) is 39.8. The maximum Gasteiger partial charge on any atom is 0.326 e. The van der Waals surface area contributed by atoms with Gasteiger partial charge in [0, 0.05) is 61.3 Å². The van der Waals surface area contributed by atoms with Gasteiger partial charge in [0.1, 0.15) is 42.1 Å². The van der Waals surface area contributed by atoms with Crippen molar-refractivity contribution in [2.75, 3.05) is 26.2 Å². The number of hydrogen-bond donors (Lipinski definition) is 4. The Hall–Kier alpha value is -4.41. The van der Waals surface area contributed by atoms with Crippen molar-refractivity contribution in [3.63, 3.8) is 0 Å². The first-order chi connectivity index (χ1) is 25.4. The first-order valence-corrected chi connectivity index (χ1v) is 18.1. The van der Waals surface area contributed by atoms with Crippen LogP contribution < -0.4 is 19.5 Å². The van der Waals surface area contributed by atoms with Gasteiger partial charge >= 0.3 is 5.97 Å². The molecule has 3 aromatic carbocycles. The van der Waals surface area contributed by atoms with Crippen LogP contribution in [0.2, 0.25) is 10.0 Å². The van der Waals surface area contributed by atoms with Gasteiger partial charge in [-0.25, -0.2) is 0 Å². The number of benzene rings is 3. The summed E-state index contributed by atoms with van der Waals surface area (Å²) in [5.74, 6) is 0.0981. The van der Waals surface area contributed by atoms with Gasteiger partial charge in [-0.3, -0.25) is 15.1 Å². The first-order valence-electron chi connectivity index (χ1n) is 17.4. The molecule has 1 unspecified atom stereocenters. The molecule has 53 heavy (non-hydrogen) atoms. The van der Waals surface area contributed by atoms with E-state index in [1.165, 1.54) is 13.1 Å². The van der Waals surface area contributed by atoms with Crippen molar-refractivity contribution >= 4 is 29.2 Å². The molecule has 11 nitrogen and oxygen atoms in total. The number of nitriles is 1. The van der Waals surface area contributed by atoms with E-state index in [9.17, 15) is 25.4 Å². The summed E-state index contributed by atoms with van der Waals surface area (Å²) < 4.78 is 18.7. The molecule has 0 aliphatic carbocycles. The highest BCUT2D eigenvalue weighted by Crippen LogP contribution is 2.39. The molecule has 1 aliphatic heterocycles. The molecular formula is C40H44Cl2N4O7. The number of nitrogens with one attached hydrogen (secondary N) is 1. The lowest BCUT2D eigenvalue weighted by molar-refractivity contribution is -0.145. The smallest absolute Gasteiger partial charge is 0.326 e. The van der Waals surface area contributed by atoms with Crippen LogP contribution in [0, 0.1) is 18.3 Å². The number of aliphatic carboxylic acids is 1. The average Bonchev–Trinajstić information content (AvgIpc) is 3.58. The fraction of sp³-hybridized carbons (Fsp3) is 0.375. The predicted octanol–water partition coefficient (Wildman–Crippen LogP) is 6.54. The van der Waals surface area contributed by atoms with Crippen molar-refractivity contribution in [3.8, 4) is 34.4 Å². The van der Waals surface area contributed by atoms with Crippen molar-refractivity contribution in [1.82, 2.24) is 15.2 Å².